The van der Waals surface area contributed by atoms with E-state index in [1.54, 1.807) is 0 Å². The van der Waals surface area contributed by atoms with E-state index in [1.807, 2.05) is 6.08 Å². The second-order valence-corrected chi connectivity index (χ2v) is 6.45. The molecular weight excluding hydrogens is 260 g/mol. The van der Waals surface area contributed by atoms with Crippen molar-refractivity contribution in [2.45, 2.75) is 69.9 Å². The van der Waals surface area contributed by atoms with Crippen molar-refractivity contribution in [2.24, 2.45) is 0 Å². The molecule has 0 aliphatic heterocycles. The normalized spacial score (nSPS) is 22.6. The van der Waals surface area contributed by atoms with E-state index in [-0.39, 0.29) is 0 Å². The van der Waals surface area contributed by atoms with E-state index in [0.717, 1.165) is 19.2 Å². The Balaban J connectivity index is 1.84. The van der Waals surface area contributed by atoms with Crippen LogP contribution in [-0.2, 0) is 4.74 Å². The van der Waals surface area contributed by atoms with Gasteiger partial charge < -0.3 is 15.0 Å². The Kier molecular flexibility index (Phi) is 10.8. The lowest BCUT2D eigenvalue weighted by molar-refractivity contribution is 0.0210. The summed E-state index contributed by atoms with van der Waals surface area (Å²) in [6.07, 6.45) is 14.1. The fraction of sp³-hybridized carbons (Fsp3) is 0.889. The molecular formula is C18H36N2O. The van der Waals surface area contributed by atoms with Crippen LogP contribution in [0.4, 0.5) is 0 Å². The molecule has 3 heteroatoms. The van der Waals surface area contributed by atoms with Crippen LogP contribution in [0.15, 0.2) is 12.7 Å². The predicted octanol–water partition coefficient (Wildman–Crippen LogP) is 3.60. The van der Waals surface area contributed by atoms with Crippen LogP contribution in [-0.4, -0.2) is 50.8 Å². The van der Waals surface area contributed by atoms with Crippen molar-refractivity contribution in [3.63, 3.8) is 0 Å². The van der Waals surface area contributed by atoms with E-state index < -0.39 is 0 Å². The van der Waals surface area contributed by atoms with Gasteiger partial charge >= 0.3 is 0 Å². The van der Waals surface area contributed by atoms with Crippen LogP contribution < -0.4 is 5.32 Å². The van der Waals surface area contributed by atoms with Crippen LogP contribution in [0.1, 0.15) is 57.8 Å². The highest BCUT2D eigenvalue weighted by atomic mass is 16.5. The lowest BCUT2D eigenvalue weighted by Gasteiger charge is -2.28. The molecule has 1 aliphatic carbocycles. The zero-order chi connectivity index (χ0) is 15.3. The number of ether oxygens (including phenoxy) is 1. The van der Waals surface area contributed by atoms with Crippen LogP contribution in [0.5, 0.6) is 0 Å². The lowest BCUT2D eigenvalue weighted by atomic mass is 9.93. The Hall–Kier alpha value is -0.380. The van der Waals surface area contributed by atoms with Crippen LogP contribution in [0, 0.1) is 0 Å². The maximum Gasteiger partial charge on any atom is 0.0576 e. The molecule has 0 atom stereocenters. The van der Waals surface area contributed by atoms with Crippen molar-refractivity contribution >= 4 is 0 Å². The summed E-state index contributed by atoms with van der Waals surface area (Å²) in [5.41, 5.74) is 0. The van der Waals surface area contributed by atoms with Gasteiger partial charge in [0.1, 0.15) is 0 Å². The Bertz CT molecular complexity index is 250. The van der Waals surface area contributed by atoms with Crippen molar-refractivity contribution < 1.29 is 4.74 Å². The van der Waals surface area contributed by atoms with Crippen LogP contribution in [0.3, 0.4) is 0 Å². The first-order valence-electron chi connectivity index (χ1n) is 8.84. The van der Waals surface area contributed by atoms with Gasteiger partial charge in [-0.25, -0.2) is 0 Å². The van der Waals surface area contributed by atoms with Crippen molar-refractivity contribution in [1.82, 2.24) is 10.2 Å². The van der Waals surface area contributed by atoms with Crippen molar-refractivity contribution in [3.05, 3.63) is 12.7 Å². The van der Waals surface area contributed by atoms with Crippen LogP contribution >= 0.6 is 0 Å². The molecule has 0 spiro atoms. The molecule has 3 nitrogen and oxygen atoms in total. The third-order valence-electron chi connectivity index (χ3n) is 4.56. The summed E-state index contributed by atoms with van der Waals surface area (Å²) in [6, 6.07) is 0.726. The summed E-state index contributed by atoms with van der Waals surface area (Å²) in [4.78, 5) is 2.33. The van der Waals surface area contributed by atoms with E-state index >= 15 is 0 Å². The zero-order valence-corrected chi connectivity index (χ0v) is 14.3. The molecule has 0 bridgehead atoms. The fourth-order valence-electron chi connectivity index (χ4n) is 3.09. The second kappa shape index (κ2) is 12.2. The number of hydrogen-bond acceptors (Lipinski definition) is 3. The molecule has 1 aliphatic rings. The molecule has 0 heterocycles. The topological polar surface area (TPSA) is 24.5 Å². The molecule has 0 radical (unpaired) electrons. The minimum absolute atomic E-state index is 0.530. The van der Waals surface area contributed by atoms with Gasteiger partial charge in [0.2, 0.25) is 0 Å². The number of unbranched alkanes of at least 4 members (excludes halogenated alkanes) is 4. The van der Waals surface area contributed by atoms with Gasteiger partial charge in [0.25, 0.3) is 0 Å². The monoisotopic (exact) mass is 296 g/mol. The Labute approximate surface area is 132 Å². The minimum Gasteiger partial charge on any atom is -0.378 e. The molecule has 0 aromatic rings. The number of rotatable bonds is 12. The van der Waals surface area contributed by atoms with E-state index in [9.17, 15) is 0 Å². The average Bonchev–Trinajstić information content (AvgIpc) is 2.51. The highest BCUT2D eigenvalue weighted by Crippen LogP contribution is 2.21. The van der Waals surface area contributed by atoms with E-state index in [2.05, 4.69) is 30.9 Å². The van der Waals surface area contributed by atoms with Gasteiger partial charge in [-0.2, -0.15) is 0 Å². The minimum atomic E-state index is 0.530. The molecule has 1 rings (SSSR count). The SMILES string of the molecule is C=CCN(C)CCCCCCCOC1CCC(NC)CC1. The number of nitrogens with zero attached hydrogens (tertiary/aromatic N) is 1. The molecule has 0 saturated heterocycles. The summed E-state index contributed by atoms with van der Waals surface area (Å²) < 4.78 is 6.01. The molecule has 1 N–H and O–H groups in total. The molecule has 0 aromatic heterocycles. The molecule has 0 amide bonds. The van der Waals surface area contributed by atoms with Gasteiger partial charge in [0.15, 0.2) is 0 Å². The molecule has 1 fully saturated rings. The highest BCUT2D eigenvalue weighted by Gasteiger charge is 2.19. The van der Waals surface area contributed by atoms with Gasteiger partial charge in [-0.05, 0) is 59.2 Å². The number of nitrogens with one attached hydrogen (secondary N) is 1. The average molecular weight is 296 g/mol. The standard InChI is InChI=1S/C18H36N2O/c1-4-14-20(3)15-8-6-5-7-9-16-21-18-12-10-17(19-2)11-13-18/h4,17-19H,1,5-16H2,2-3H3. The van der Waals surface area contributed by atoms with Crippen molar-refractivity contribution in [3.8, 4) is 0 Å². The molecule has 1 saturated carbocycles. The zero-order valence-electron chi connectivity index (χ0n) is 14.3. The quantitative estimate of drug-likeness (QED) is 0.440. The number of likely N-dealkylation sites (N-methyl/N-ethyl adjacent to an activating group) is 1. The second-order valence-electron chi connectivity index (χ2n) is 6.45. The molecule has 124 valence electrons. The maximum absolute atomic E-state index is 6.01. The smallest absolute Gasteiger partial charge is 0.0576 e. The van der Waals surface area contributed by atoms with Gasteiger partial charge in [-0.3, -0.25) is 0 Å². The van der Waals surface area contributed by atoms with Crippen LogP contribution in [0.2, 0.25) is 0 Å². The van der Waals surface area contributed by atoms with E-state index in [4.69, 9.17) is 4.74 Å². The summed E-state index contributed by atoms with van der Waals surface area (Å²) in [5.74, 6) is 0. The van der Waals surface area contributed by atoms with E-state index in [0.29, 0.717) is 6.10 Å². The summed E-state index contributed by atoms with van der Waals surface area (Å²) >= 11 is 0. The van der Waals surface area contributed by atoms with Gasteiger partial charge in [0.05, 0.1) is 6.10 Å². The third kappa shape index (κ3) is 9.28. The first-order valence-corrected chi connectivity index (χ1v) is 8.84. The highest BCUT2D eigenvalue weighted by molar-refractivity contribution is 4.76. The summed E-state index contributed by atoms with van der Waals surface area (Å²) in [7, 11) is 4.24. The first-order chi connectivity index (χ1) is 10.3. The van der Waals surface area contributed by atoms with Gasteiger partial charge in [-0.1, -0.05) is 25.3 Å². The van der Waals surface area contributed by atoms with Crippen molar-refractivity contribution in [2.75, 3.05) is 33.8 Å². The predicted molar refractivity (Wildman–Crippen MR) is 91.8 cm³/mol. The number of hydrogen-bond donors (Lipinski definition) is 1. The molecule has 0 aromatic carbocycles. The summed E-state index contributed by atoms with van der Waals surface area (Å²) in [5, 5.41) is 3.37. The summed E-state index contributed by atoms with van der Waals surface area (Å²) in [6.45, 7) is 6.93. The van der Waals surface area contributed by atoms with E-state index in [1.165, 1.54) is 64.3 Å². The van der Waals surface area contributed by atoms with Gasteiger partial charge in [0, 0.05) is 19.2 Å². The van der Waals surface area contributed by atoms with Crippen LogP contribution in [0.25, 0.3) is 0 Å². The first kappa shape index (κ1) is 18.7. The maximum atomic E-state index is 6.01. The lowest BCUT2D eigenvalue weighted by Crippen LogP contribution is -2.33. The van der Waals surface area contributed by atoms with Crippen molar-refractivity contribution in [1.29, 1.82) is 0 Å². The fourth-order valence-corrected chi connectivity index (χ4v) is 3.09. The molecule has 21 heavy (non-hydrogen) atoms. The van der Waals surface area contributed by atoms with Gasteiger partial charge in [-0.15, -0.1) is 6.58 Å². The third-order valence-corrected chi connectivity index (χ3v) is 4.56. The Morgan fingerprint density at radius 1 is 1.10 bits per heavy atom. The Morgan fingerprint density at radius 2 is 1.76 bits per heavy atom. The molecule has 0 unspecified atom stereocenters. The Morgan fingerprint density at radius 3 is 2.43 bits per heavy atom. The largest absolute Gasteiger partial charge is 0.378 e.